The Balaban J connectivity index is 1.71. The number of halogens is 1. The summed E-state index contributed by atoms with van der Waals surface area (Å²) < 4.78 is 12.9. The van der Waals surface area contributed by atoms with Gasteiger partial charge in [0.05, 0.1) is 0 Å². The summed E-state index contributed by atoms with van der Waals surface area (Å²) in [5.74, 6) is 0. The number of hydrogen-bond acceptors (Lipinski definition) is 2. The minimum Gasteiger partial charge on any atom is -0.313 e. The van der Waals surface area contributed by atoms with E-state index in [1.807, 2.05) is 0 Å². The maximum atomic E-state index is 12.9. The summed E-state index contributed by atoms with van der Waals surface area (Å²) in [6, 6.07) is 0.624. The SMILES string of the molecule is F[C@H]1CCN(C[C@@H]2CCCCN2)C1. The normalized spacial score (nSPS) is 36.7. The van der Waals surface area contributed by atoms with Crippen molar-refractivity contribution in [3.63, 3.8) is 0 Å². The molecule has 0 aromatic carbocycles. The fourth-order valence-electron chi connectivity index (χ4n) is 2.34. The number of piperidine rings is 1. The van der Waals surface area contributed by atoms with E-state index in [4.69, 9.17) is 0 Å². The molecule has 2 fully saturated rings. The van der Waals surface area contributed by atoms with Gasteiger partial charge in [0, 0.05) is 25.7 Å². The molecule has 0 saturated carbocycles. The molecule has 2 atom stereocenters. The second-order valence-electron chi connectivity index (χ2n) is 4.29. The molecule has 0 amide bonds. The molecule has 2 nitrogen and oxygen atoms in total. The Morgan fingerprint density at radius 2 is 2.23 bits per heavy atom. The molecular weight excluding hydrogens is 167 g/mol. The molecule has 0 aliphatic carbocycles. The van der Waals surface area contributed by atoms with Crippen molar-refractivity contribution in [2.24, 2.45) is 0 Å². The number of alkyl halides is 1. The molecule has 0 spiro atoms. The van der Waals surface area contributed by atoms with E-state index in [9.17, 15) is 4.39 Å². The lowest BCUT2D eigenvalue weighted by Gasteiger charge is -2.27. The first kappa shape index (κ1) is 9.41. The Morgan fingerprint density at radius 1 is 1.31 bits per heavy atom. The van der Waals surface area contributed by atoms with Crippen LogP contribution in [0.4, 0.5) is 4.39 Å². The van der Waals surface area contributed by atoms with Gasteiger partial charge in [0.15, 0.2) is 0 Å². The van der Waals surface area contributed by atoms with Gasteiger partial charge in [-0.05, 0) is 25.8 Å². The Kier molecular flexibility index (Phi) is 3.17. The first-order chi connectivity index (χ1) is 6.34. The number of rotatable bonds is 2. The van der Waals surface area contributed by atoms with E-state index in [1.165, 1.54) is 19.3 Å². The van der Waals surface area contributed by atoms with Crippen molar-refractivity contribution in [3.05, 3.63) is 0 Å². The second-order valence-corrected chi connectivity index (χ2v) is 4.29. The minimum absolute atomic E-state index is 0.566. The standard InChI is InChI=1S/C10H19FN2/c11-9-4-6-13(7-9)8-10-3-1-2-5-12-10/h9-10,12H,1-8H2/t9-,10-/m0/s1. The molecule has 0 bridgehead atoms. The molecular formula is C10H19FN2. The van der Waals surface area contributed by atoms with Gasteiger partial charge in [-0.25, -0.2) is 4.39 Å². The number of nitrogens with zero attached hydrogens (tertiary/aromatic N) is 1. The third-order valence-corrected chi connectivity index (χ3v) is 3.11. The summed E-state index contributed by atoms with van der Waals surface area (Å²) >= 11 is 0. The first-order valence-electron chi connectivity index (χ1n) is 5.44. The fourth-order valence-corrected chi connectivity index (χ4v) is 2.34. The molecule has 13 heavy (non-hydrogen) atoms. The summed E-state index contributed by atoms with van der Waals surface area (Å²) in [4.78, 5) is 2.26. The van der Waals surface area contributed by atoms with Crippen LogP contribution < -0.4 is 5.32 Å². The lowest BCUT2D eigenvalue weighted by Crippen LogP contribution is -2.43. The van der Waals surface area contributed by atoms with E-state index in [1.54, 1.807) is 0 Å². The Bertz CT molecular complexity index is 154. The molecule has 76 valence electrons. The van der Waals surface area contributed by atoms with E-state index in [0.717, 1.165) is 26.1 Å². The monoisotopic (exact) mass is 186 g/mol. The van der Waals surface area contributed by atoms with Crippen LogP contribution in [-0.2, 0) is 0 Å². The predicted octanol–water partition coefficient (Wildman–Crippen LogP) is 1.17. The molecule has 0 radical (unpaired) electrons. The quantitative estimate of drug-likeness (QED) is 0.696. The van der Waals surface area contributed by atoms with Gasteiger partial charge in [-0.2, -0.15) is 0 Å². The highest BCUT2D eigenvalue weighted by atomic mass is 19.1. The molecule has 0 unspecified atom stereocenters. The van der Waals surface area contributed by atoms with E-state index in [0.29, 0.717) is 12.6 Å². The van der Waals surface area contributed by atoms with Crippen LogP contribution in [0.1, 0.15) is 25.7 Å². The van der Waals surface area contributed by atoms with Crippen molar-refractivity contribution >= 4 is 0 Å². The van der Waals surface area contributed by atoms with Gasteiger partial charge in [0.1, 0.15) is 6.17 Å². The Morgan fingerprint density at radius 3 is 2.85 bits per heavy atom. The molecule has 2 aliphatic rings. The summed E-state index contributed by atoms with van der Waals surface area (Å²) in [6.45, 7) is 3.83. The van der Waals surface area contributed by atoms with Crippen LogP contribution in [-0.4, -0.2) is 43.3 Å². The second kappa shape index (κ2) is 4.38. The van der Waals surface area contributed by atoms with Gasteiger partial charge in [-0.3, -0.25) is 4.90 Å². The molecule has 2 rings (SSSR count). The van der Waals surface area contributed by atoms with E-state index < -0.39 is 6.17 Å². The topological polar surface area (TPSA) is 15.3 Å². The lowest BCUT2D eigenvalue weighted by molar-refractivity contribution is 0.243. The maximum absolute atomic E-state index is 12.9. The molecule has 1 N–H and O–H groups in total. The van der Waals surface area contributed by atoms with Crippen LogP contribution in [0.15, 0.2) is 0 Å². The van der Waals surface area contributed by atoms with Gasteiger partial charge in [-0.1, -0.05) is 6.42 Å². The molecule has 0 aromatic heterocycles. The van der Waals surface area contributed by atoms with Crippen LogP contribution in [0.2, 0.25) is 0 Å². The first-order valence-corrected chi connectivity index (χ1v) is 5.44. The van der Waals surface area contributed by atoms with Crippen LogP contribution in [0, 0.1) is 0 Å². The third-order valence-electron chi connectivity index (χ3n) is 3.11. The zero-order valence-corrected chi connectivity index (χ0v) is 8.14. The maximum Gasteiger partial charge on any atom is 0.114 e. The van der Waals surface area contributed by atoms with E-state index >= 15 is 0 Å². The summed E-state index contributed by atoms with van der Waals surface area (Å²) in [6.07, 6.45) is 4.09. The van der Waals surface area contributed by atoms with Crippen molar-refractivity contribution in [3.8, 4) is 0 Å². The molecule has 2 aliphatic heterocycles. The summed E-state index contributed by atoms with van der Waals surface area (Å²) in [5, 5.41) is 3.50. The number of likely N-dealkylation sites (tertiary alicyclic amines) is 1. The third kappa shape index (κ3) is 2.64. The molecule has 2 saturated heterocycles. The van der Waals surface area contributed by atoms with Crippen molar-refractivity contribution in [2.45, 2.75) is 37.9 Å². The highest BCUT2D eigenvalue weighted by Crippen LogP contribution is 2.15. The zero-order valence-electron chi connectivity index (χ0n) is 8.14. The smallest absolute Gasteiger partial charge is 0.114 e. The average Bonchev–Trinajstić information content (AvgIpc) is 2.53. The number of nitrogens with one attached hydrogen (secondary N) is 1. The van der Waals surface area contributed by atoms with Crippen molar-refractivity contribution in [1.29, 1.82) is 0 Å². The zero-order chi connectivity index (χ0) is 9.10. The fraction of sp³-hybridized carbons (Fsp3) is 1.00. The van der Waals surface area contributed by atoms with Gasteiger partial charge in [0.25, 0.3) is 0 Å². The van der Waals surface area contributed by atoms with Gasteiger partial charge >= 0.3 is 0 Å². The van der Waals surface area contributed by atoms with Gasteiger partial charge in [-0.15, -0.1) is 0 Å². The average molecular weight is 186 g/mol. The molecule has 3 heteroatoms. The van der Waals surface area contributed by atoms with E-state index in [-0.39, 0.29) is 0 Å². The Labute approximate surface area is 79.5 Å². The van der Waals surface area contributed by atoms with E-state index in [2.05, 4.69) is 10.2 Å². The number of hydrogen-bond donors (Lipinski definition) is 1. The molecule has 2 heterocycles. The van der Waals surface area contributed by atoms with Gasteiger partial charge < -0.3 is 5.32 Å². The lowest BCUT2D eigenvalue weighted by atomic mass is 10.0. The van der Waals surface area contributed by atoms with Crippen molar-refractivity contribution in [1.82, 2.24) is 10.2 Å². The Hall–Kier alpha value is -0.150. The summed E-state index contributed by atoms with van der Waals surface area (Å²) in [5.41, 5.74) is 0. The highest BCUT2D eigenvalue weighted by molar-refractivity contribution is 4.81. The van der Waals surface area contributed by atoms with Crippen molar-refractivity contribution < 1.29 is 4.39 Å². The van der Waals surface area contributed by atoms with Crippen LogP contribution in [0.3, 0.4) is 0 Å². The minimum atomic E-state index is -0.566. The van der Waals surface area contributed by atoms with Crippen LogP contribution in [0.25, 0.3) is 0 Å². The van der Waals surface area contributed by atoms with Crippen LogP contribution >= 0.6 is 0 Å². The van der Waals surface area contributed by atoms with Crippen molar-refractivity contribution in [2.75, 3.05) is 26.2 Å². The summed E-state index contributed by atoms with van der Waals surface area (Å²) in [7, 11) is 0. The largest absolute Gasteiger partial charge is 0.313 e. The molecule has 0 aromatic rings. The van der Waals surface area contributed by atoms with Crippen LogP contribution in [0.5, 0.6) is 0 Å². The van der Waals surface area contributed by atoms with Gasteiger partial charge in [0.2, 0.25) is 0 Å². The predicted molar refractivity (Wildman–Crippen MR) is 51.6 cm³/mol. The highest BCUT2D eigenvalue weighted by Gasteiger charge is 2.24.